The molecular formula is C6H12O4S. The number of hydrogen-bond donors (Lipinski definition) is 4. The normalized spacial score (nSPS) is 44.7. The predicted molar refractivity (Wildman–Crippen MR) is 41.1 cm³/mol. The van der Waals surface area contributed by atoms with Crippen LogP contribution in [0.25, 0.3) is 0 Å². The molecule has 1 fully saturated rings. The van der Waals surface area contributed by atoms with Crippen LogP contribution in [-0.4, -0.2) is 49.9 Å². The molecule has 0 radical (unpaired) electrons. The van der Waals surface area contributed by atoms with E-state index in [9.17, 15) is 5.11 Å². The van der Waals surface area contributed by atoms with E-state index in [1.165, 1.54) is 0 Å². The Balaban J connectivity index is 2.45. The average molecular weight is 180 g/mol. The lowest BCUT2D eigenvalue weighted by Crippen LogP contribution is -2.32. The third-order valence-corrected chi connectivity index (χ3v) is 3.17. The Hall–Kier alpha value is 0.190. The van der Waals surface area contributed by atoms with Gasteiger partial charge in [0.15, 0.2) is 0 Å². The van der Waals surface area contributed by atoms with Gasteiger partial charge in [-0.1, -0.05) is 0 Å². The summed E-state index contributed by atoms with van der Waals surface area (Å²) >= 11 is 1.10. The third kappa shape index (κ3) is 1.86. The average Bonchev–Trinajstić information content (AvgIpc) is 2.19. The van der Waals surface area contributed by atoms with Crippen LogP contribution in [0.2, 0.25) is 0 Å². The van der Waals surface area contributed by atoms with Gasteiger partial charge in [-0.15, -0.1) is 11.8 Å². The Morgan fingerprint density at radius 1 is 1.09 bits per heavy atom. The first-order chi connectivity index (χ1) is 5.16. The van der Waals surface area contributed by atoms with Gasteiger partial charge in [0.25, 0.3) is 0 Å². The molecule has 0 bridgehead atoms. The number of hydrogen-bond acceptors (Lipinski definition) is 5. The summed E-state index contributed by atoms with van der Waals surface area (Å²) in [5.41, 5.74) is -0.915. The summed E-state index contributed by atoms with van der Waals surface area (Å²) in [5, 5.41) is 35.6. The number of thioether (sulfide) groups is 1. The molecule has 1 heterocycles. The lowest BCUT2D eigenvalue weighted by Gasteiger charge is -2.12. The van der Waals surface area contributed by atoms with Gasteiger partial charge in [0.05, 0.1) is 6.10 Å². The Labute approximate surface area is 68.9 Å². The highest BCUT2D eigenvalue weighted by atomic mass is 32.2. The molecule has 0 aliphatic carbocycles. The van der Waals surface area contributed by atoms with E-state index in [2.05, 4.69) is 0 Å². The van der Waals surface area contributed by atoms with Gasteiger partial charge in [0.2, 0.25) is 0 Å². The Kier molecular flexibility index (Phi) is 3.15. The molecule has 1 rings (SSSR count). The smallest absolute Gasteiger partial charge is 0.128 e. The molecular weight excluding hydrogens is 168 g/mol. The lowest BCUT2D eigenvalue weighted by molar-refractivity contribution is -0.0153. The van der Waals surface area contributed by atoms with Crippen LogP contribution in [0, 0.1) is 0 Å². The van der Waals surface area contributed by atoms with Crippen LogP contribution in [0.3, 0.4) is 0 Å². The first kappa shape index (κ1) is 9.28. The zero-order valence-electron chi connectivity index (χ0n) is 5.92. The van der Waals surface area contributed by atoms with E-state index in [4.69, 9.17) is 15.3 Å². The summed E-state index contributed by atoms with van der Waals surface area (Å²) in [4.78, 5) is 0. The summed E-state index contributed by atoms with van der Waals surface area (Å²) in [6.07, 6.45) is -1.58. The van der Waals surface area contributed by atoms with Gasteiger partial charge in [-0.2, -0.15) is 0 Å². The molecule has 0 amide bonds. The molecule has 66 valence electrons. The van der Waals surface area contributed by atoms with Crippen LogP contribution < -0.4 is 0 Å². The Bertz CT molecular complexity index is 132. The van der Waals surface area contributed by atoms with Gasteiger partial charge in [-0.3, -0.25) is 0 Å². The van der Waals surface area contributed by atoms with E-state index in [0.29, 0.717) is 6.42 Å². The highest BCUT2D eigenvalue weighted by Gasteiger charge is 2.40. The summed E-state index contributed by atoms with van der Waals surface area (Å²) in [6, 6.07) is 0. The fraction of sp³-hybridized carbons (Fsp3) is 1.00. The van der Waals surface area contributed by atoms with Crippen LogP contribution in [0.15, 0.2) is 0 Å². The van der Waals surface area contributed by atoms with Crippen LogP contribution in [0.5, 0.6) is 0 Å². The Morgan fingerprint density at radius 2 is 1.73 bits per heavy atom. The highest BCUT2D eigenvalue weighted by molar-refractivity contribution is 8.00. The lowest BCUT2D eigenvalue weighted by atomic mass is 10.1. The second-order valence-electron chi connectivity index (χ2n) is 2.56. The molecule has 0 saturated carbocycles. The molecule has 4 N–H and O–H groups in total. The molecule has 4 nitrogen and oxygen atoms in total. The van der Waals surface area contributed by atoms with Gasteiger partial charge < -0.3 is 20.4 Å². The zero-order valence-corrected chi connectivity index (χ0v) is 6.74. The van der Waals surface area contributed by atoms with Crippen molar-refractivity contribution in [1.82, 2.24) is 0 Å². The fourth-order valence-electron chi connectivity index (χ4n) is 1.09. The predicted octanol–water partition coefficient (Wildman–Crippen LogP) is -1.48. The largest absolute Gasteiger partial charge is 0.396 e. The second kappa shape index (κ2) is 3.73. The van der Waals surface area contributed by atoms with Gasteiger partial charge >= 0.3 is 0 Å². The van der Waals surface area contributed by atoms with Crippen molar-refractivity contribution in [3.63, 3.8) is 0 Å². The van der Waals surface area contributed by atoms with E-state index in [0.717, 1.165) is 11.8 Å². The van der Waals surface area contributed by atoms with Crippen molar-refractivity contribution in [3.8, 4) is 0 Å². The molecule has 1 aliphatic rings. The molecule has 0 aromatic rings. The maximum atomic E-state index is 9.22. The summed E-state index contributed by atoms with van der Waals surface area (Å²) < 4.78 is 0. The number of aliphatic hydroxyl groups is 4. The summed E-state index contributed by atoms with van der Waals surface area (Å²) in [6.45, 7) is -0.0336. The van der Waals surface area contributed by atoms with E-state index >= 15 is 0 Å². The minimum absolute atomic E-state index is 0.0336. The van der Waals surface area contributed by atoms with Crippen LogP contribution in [-0.2, 0) is 0 Å². The van der Waals surface area contributed by atoms with Crippen molar-refractivity contribution in [2.75, 3.05) is 6.61 Å². The molecule has 1 saturated heterocycles. The molecule has 0 aromatic carbocycles. The van der Waals surface area contributed by atoms with Crippen molar-refractivity contribution < 1.29 is 20.4 Å². The maximum absolute atomic E-state index is 9.22. The minimum atomic E-state index is -1.07. The van der Waals surface area contributed by atoms with E-state index in [1.54, 1.807) is 0 Å². The molecule has 5 heteroatoms. The van der Waals surface area contributed by atoms with Crippen molar-refractivity contribution in [3.05, 3.63) is 0 Å². The SMILES string of the molecule is OCCC1SC(O)C(O)C1O. The standard InChI is InChI=1S/C6H12O4S/c7-2-1-3-4(8)5(9)6(10)11-3/h3-10H,1-2H2. The Morgan fingerprint density at radius 3 is 2.09 bits per heavy atom. The van der Waals surface area contributed by atoms with Gasteiger partial charge in [-0.05, 0) is 6.42 Å². The molecule has 11 heavy (non-hydrogen) atoms. The van der Waals surface area contributed by atoms with Crippen molar-refractivity contribution in [2.45, 2.75) is 29.3 Å². The van der Waals surface area contributed by atoms with Gasteiger partial charge in [-0.25, -0.2) is 0 Å². The van der Waals surface area contributed by atoms with E-state index in [-0.39, 0.29) is 11.9 Å². The first-order valence-corrected chi connectivity index (χ1v) is 4.41. The van der Waals surface area contributed by atoms with Gasteiger partial charge in [0.1, 0.15) is 11.5 Å². The van der Waals surface area contributed by atoms with Crippen LogP contribution in [0.4, 0.5) is 0 Å². The van der Waals surface area contributed by atoms with Crippen LogP contribution in [0.1, 0.15) is 6.42 Å². The second-order valence-corrected chi connectivity index (χ2v) is 3.92. The maximum Gasteiger partial charge on any atom is 0.128 e. The quantitative estimate of drug-likeness (QED) is 0.417. The van der Waals surface area contributed by atoms with E-state index in [1.807, 2.05) is 0 Å². The molecule has 4 unspecified atom stereocenters. The monoisotopic (exact) mass is 180 g/mol. The molecule has 0 spiro atoms. The van der Waals surface area contributed by atoms with Crippen molar-refractivity contribution >= 4 is 11.8 Å². The third-order valence-electron chi connectivity index (χ3n) is 1.75. The molecule has 4 atom stereocenters. The van der Waals surface area contributed by atoms with E-state index < -0.39 is 17.6 Å². The molecule has 1 aliphatic heterocycles. The fourth-order valence-corrected chi connectivity index (χ4v) is 2.34. The van der Waals surface area contributed by atoms with Crippen LogP contribution >= 0.6 is 11.8 Å². The van der Waals surface area contributed by atoms with Crippen molar-refractivity contribution in [2.24, 2.45) is 0 Å². The highest BCUT2D eigenvalue weighted by Crippen LogP contribution is 2.34. The summed E-state index contributed by atoms with van der Waals surface area (Å²) in [5.74, 6) is 0. The topological polar surface area (TPSA) is 80.9 Å². The van der Waals surface area contributed by atoms with Crippen molar-refractivity contribution in [1.29, 1.82) is 0 Å². The summed E-state index contributed by atoms with van der Waals surface area (Å²) in [7, 11) is 0. The zero-order chi connectivity index (χ0) is 8.43. The molecule has 0 aromatic heterocycles. The number of aliphatic hydroxyl groups excluding tert-OH is 4. The first-order valence-electron chi connectivity index (χ1n) is 3.47. The number of rotatable bonds is 2. The van der Waals surface area contributed by atoms with Gasteiger partial charge in [0, 0.05) is 11.9 Å². The minimum Gasteiger partial charge on any atom is -0.396 e.